The zero-order chi connectivity index (χ0) is 12.2. The molecule has 0 heterocycles. The van der Waals surface area contributed by atoms with E-state index < -0.39 is 0 Å². The quantitative estimate of drug-likeness (QED) is 0.710. The Morgan fingerprint density at radius 2 is 1.83 bits per heavy atom. The molecule has 0 unspecified atom stereocenters. The first-order chi connectivity index (χ1) is 8.92. The van der Waals surface area contributed by atoms with Gasteiger partial charge in [0.05, 0.1) is 6.61 Å². The molecule has 2 fully saturated rings. The molecule has 98 valence electrons. The number of nitrogens with one attached hydrogen (secondary N) is 1. The van der Waals surface area contributed by atoms with Crippen molar-refractivity contribution in [1.29, 1.82) is 0 Å². The largest absolute Gasteiger partial charge is 0.377 e. The highest BCUT2D eigenvalue weighted by Crippen LogP contribution is 2.32. The molecule has 0 aromatic heterocycles. The maximum atomic E-state index is 5.81. The van der Waals surface area contributed by atoms with Crippen LogP contribution in [0.5, 0.6) is 0 Å². The molecule has 0 spiro atoms. The van der Waals surface area contributed by atoms with Crippen molar-refractivity contribution in [3.8, 4) is 0 Å². The highest BCUT2D eigenvalue weighted by Gasteiger charge is 2.21. The third-order valence-corrected chi connectivity index (χ3v) is 3.90. The van der Waals surface area contributed by atoms with Crippen molar-refractivity contribution in [1.82, 2.24) is 5.32 Å². The van der Waals surface area contributed by atoms with Crippen LogP contribution in [0.3, 0.4) is 0 Å². The van der Waals surface area contributed by atoms with Crippen LogP contribution in [-0.2, 0) is 17.9 Å². The van der Waals surface area contributed by atoms with Gasteiger partial charge in [-0.25, -0.2) is 0 Å². The lowest BCUT2D eigenvalue weighted by Crippen LogP contribution is -2.16. The van der Waals surface area contributed by atoms with Crippen molar-refractivity contribution < 1.29 is 4.74 Å². The number of hydrogen-bond donors (Lipinski definition) is 1. The molecule has 0 atom stereocenters. The summed E-state index contributed by atoms with van der Waals surface area (Å²) in [5.74, 6) is 0.969. The molecule has 1 aromatic rings. The molecule has 0 bridgehead atoms. The van der Waals surface area contributed by atoms with Gasteiger partial charge in [0, 0.05) is 19.2 Å². The first-order valence-corrected chi connectivity index (χ1v) is 7.30. The summed E-state index contributed by atoms with van der Waals surface area (Å²) >= 11 is 0. The SMILES string of the molecule is c1ccc(COCCC2CC2)c(CNC2CC2)c1. The Bertz CT molecular complexity index is 382. The van der Waals surface area contributed by atoms with Crippen LogP contribution in [0.25, 0.3) is 0 Å². The summed E-state index contributed by atoms with van der Waals surface area (Å²) in [7, 11) is 0. The van der Waals surface area contributed by atoms with E-state index in [1.807, 2.05) is 0 Å². The molecule has 2 aliphatic carbocycles. The van der Waals surface area contributed by atoms with Crippen molar-refractivity contribution >= 4 is 0 Å². The maximum Gasteiger partial charge on any atom is 0.0720 e. The smallest absolute Gasteiger partial charge is 0.0720 e. The van der Waals surface area contributed by atoms with Gasteiger partial charge < -0.3 is 10.1 Å². The minimum Gasteiger partial charge on any atom is -0.377 e. The van der Waals surface area contributed by atoms with Crippen LogP contribution in [0, 0.1) is 5.92 Å². The zero-order valence-electron chi connectivity index (χ0n) is 11.0. The van der Waals surface area contributed by atoms with Gasteiger partial charge in [0.2, 0.25) is 0 Å². The topological polar surface area (TPSA) is 21.3 Å². The number of benzene rings is 1. The molecule has 2 saturated carbocycles. The van der Waals surface area contributed by atoms with Crippen LogP contribution >= 0.6 is 0 Å². The Morgan fingerprint density at radius 3 is 2.56 bits per heavy atom. The second kappa shape index (κ2) is 5.85. The van der Waals surface area contributed by atoms with Crippen molar-refractivity contribution in [2.75, 3.05) is 6.61 Å². The number of hydrogen-bond acceptors (Lipinski definition) is 2. The summed E-state index contributed by atoms with van der Waals surface area (Å²) in [4.78, 5) is 0. The van der Waals surface area contributed by atoms with E-state index in [-0.39, 0.29) is 0 Å². The Hall–Kier alpha value is -0.860. The van der Waals surface area contributed by atoms with Gasteiger partial charge in [-0.05, 0) is 36.3 Å². The molecule has 0 radical (unpaired) electrons. The first-order valence-electron chi connectivity index (χ1n) is 7.30. The van der Waals surface area contributed by atoms with Gasteiger partial charge in [-0.3, -0.25) is 0 Å². The fourth-order valence-corrected chi connectivity index (χ4v) is 2.25. The van der Waals surface area contributed by atoms with E-state index >= 15 is 0 Å². The third-order valence-electron chi connectivity index (χ3n) is 3.90. The molecular formula is C16H23NO. The summed E-state index contributed by atoms with van der Waals surface area (Å²) in [5.41, 5.74) is 2.75. The van der Waals surface area contributed by atoms with E-state index in [0.717, 1.165) is 31.7 Å². The summed E-state index contributed by atoms with van der Waals surface area (Å²) in [5, 5.41) is 3.58. The van der Waals surface area contributed by atoms with E-state index in [1.165, 1.54) is 43.2 Å². The van der Waals surface area contributed by atoms with Gasteiger partial charge in [-0.1, -0.05) is 37.1 Å². The van der Waals surface area contributed by atoms with Crippen molar-refractivity contribution in [3.63, 3.8) is 0 Å². The molecule has 0 amide bonds. The second-order valence-electron chi connectivity index (χ2n) is 5.71. The normalized spacial score (nSPS) is 19.1. The maximum absolute atomic E-state index is 5.81. The molecule has 0 saturated heterocycles. The Morgan fingerprint density at radius 1 is 1.06 bits per heavy atom. The molecule has 18 heavy (non-hydrogen) atoms. The van der Waals surface area contributed by atoms with Crippen LogP contribution in [0.15, 0.2) is 24.3 Å². The van der Waals surface area contributed by atoms with Crippen molar-refractivity contribution in [3.05, 3.63) is 35.4 Å². The first kappa shape index (κ1) is 12.2. The minimum atomic E-state index is 0.772. The molecule has 2 aliphatic rings. The van der Waals surface area contributed by atoms with Gasteiger partial charge in [0.1, 0.15) is 0 Å². The zero-order valence-corrected chi connectivity index (χ0v) is 11.0. The summed E-state index contributed by atoms with van der Waals surface area (Å²) in [6, 6.07) is 9.42. The van der Waals surface area contributed by atoms with Crippen LogP contribution in [0.2, 0.25) is 0 Å². The van der Waals surface area contributed by atoms with Crippen LogP contribution in [-0.4, -0.2) is 12.6 Å². The van der Waals surface area contributed by atoms with Gasteiger partial charge in [-0.15, -0.1) is 0 Å². The van der Waals surface area contributed by atoms with Crippen LogP contribution < -0.4 is 5.32 Å². The van der Waals surface area contributed by atoms with Gasteiger partial charge in [0.15, 0.2) is 0 Å². The highest BCUT2D eigenvalue weighted by atomic mass is 16.5. The Balaban J connectivity index is 1.45. The molecule has 1 aromatic carbocycles. The Labute approximate surface area is 110 Å². The van der Waals surface area contributed by atoms with Gasteiger partial charge >= 0.3 is 0 Å². The third kappa shape index (κ3) is 3.82. The lowest BCUT2D eigenvalue weighted by atomic mass is 10.1. The average molecular weight is 245 g/mol. The lowest BCUT2D eigenvalue weighted by molar-refractivity contribution is 0.114. The molecule has 1 N–H and O–H groups in total. The van der Waals surface area contributed by atoms with E-state index in [4.69, 9.17) is 4.74 Å². The fourth-order valence-electron chi connectivity index (χ4n) is 2.25. The molecule has 2 heteroatoms. The van der Waals surface area contributed by atoms with Crippen LogP contribution in [0.1, 0.15) is 43.2 Å². The summed E-state index contributed by atoms with van der Waals surface area (Å²) in [6.07, 6.45) is 6.79. The van der Waals surface area contributed by atoms with E-state index in [9.17, 15) is 0 Å². The monoisotopic (exact) mass is 245 g/mol. The minimum absolute atomic E-state index is 0.772. The van der Waals surface area contributed by atoms with Gasteiger partial charge in [-0.2, -0.15) is 0 Å². The Kier molecular flexibility index (Phi) is 3.96. The molecular weight excluding hydrogens is 222 g/mol. The number of rotatable bonds is 8. The standard InChI is InChI=1S/C16H23NO/c1-2-4-15(12-18-10-9-13-5-6-13)14(3-1)11-17-16-7-8-16/h1-4,13,16-17H,5-12H2. The van der Waals surface area contributed by atoms with E-state index in [2.05, 4.69) is 29.6 Å². The molecule has 0 aliphatic heterocycles. The summed E-state index contributed by atoms with van der Waals surface area (Å²) < 4.78 is 5.81. The van der Waals surface area contributed by atoms with Crippen molar-refractivity contribution in [2.45, 2.75) is 51.3 Å². The predicted octanol–water partition coefficient (Wildman–Crippen LogP) is 3.26. The lowest BCUT2D eigenvalue weighted by Gasteiger charge is -2.10. The predicted molar refractivity (Wildman–Crippen MR) is 73.3 cm³/mol. The summed E-state index contributed by atoms with van der Waals surface area (Å²) in [6.45, 7) is 2.69. The number of ether oxygens (including phenoxy) is 1. The molecule has 3 rings (SSSR count). The van der Waals surface area contributed by atoms with Gasteiger partial charge in [0.25, 0.3) is 0 Å². The van der Waals surface area contributed by atoms with E-state index in [1.54, 1.807) is 0 Å². The van der Waals surface area contributed by atoms with E-state index in [0.29, 0.717) is 0 Å². The average Bonchev–Trinajstić information content (AvgIpc) is 3.27. The highest BCUT2D eigenvalue weighted by molar-refractivity contribution is 5.26. The van der Waals surface area contributed by atoms with Crippen LogP contribution in [0.4, 0.5) is 0 Å². The fraction of sp³-hybridized carbons (Fsp3) is 0.625. The second-order valence-corrected chi connectivity index (χ2v) is 5.71. The molecule has 2 nitrogen and oxygen atoms in total. The van der Waals surface area contributed by atoms with Crippen molar-refractivity contribution in [2.24, 2.45) is 5.92 Å².